The third-order valence-electron chi connectivity index (χ3n) is 4.78. The summed E-state index contributed by atoms with van der Waals surface area (Å²) in [5.74, 6) is -0.345. The molecule has 0 aliphatic heterocycles. The van der Waals surface area contributed by atoms with Crippen LogP contribution in [-0.2, 0) is 16.1 Å². The number of rotatable bonds is 10. The Morgan fingerprint density at radius 2 is 1.88 bits per heavy atom. The molecule has 3 rings (SSSR count). The second-order valence-electron chi connectivity index (χ2n) is 7.18. The van der Waals surface area contributed by atoms with Crippen LogP contribution in [0.5, 0.6) is 5.75 Å². The molecule has 0 aliphatic carbocycles. The number of aromatic nitrogens is 1. The van der Waals surface area contributed by atoms with Crippen molar-refractivity contribution in [3.05, 3.63) is 62.9 Å². The van der Waals surface area contributed by atoms with E-state index in [2.05, 4.69) is 11.9 Å². The number of esters is 1. The molecule has 9 nitrogen and oxygen atoms in total. The molecule has 2 aromatic carbocycles. The van der Waals surface area contributed by atoms with Crippen LogP contribution in [0.3, 0.4) is 0 Å². The van der Waals surface area contributed by atoms with Crippen molar-refractivity contribution in [3.8, 4) is 5.75 Å². The van der Waals surface area contributed by atoms with Crippen molar-refractivity contribution in [3.63, 3.8) is 0 Å². The van der Waals surface area contributed by atoms with Gasteiger partial charge in [-0.3, -0.25) is 19.7 Å². The normalized spacial score (nSPS) is 11.5. The first kappa shape index (κ1) is 24.1. The summed E-state index contributed by atoms with van der Waals surface area (Å²) >= 11 is 1.17. The molecule has 174 valence electrons. The highest BCUT2D eigenvalue weighted by Crippen LogP contribution is 2.23. The van der Waals surface area contributed by atoms with Gasteiger partial charge in [-0.2, -0.15) is 4.99 Å². The van der Waals surface area contributed by atoms with Gasteiger partial charge in [-0.1, -0.05) is 31.1 Å². The molecule has 33 heavy (non-hydrogen) atoms. The van der Waals surface area contributed by atoms with E-state index < -0.39 is 16.8 Å². The highest BCUT2D eigenvalue weighted by molar-refractivity contribution is 7.16. The number of nitrogens with zero attached hydrogens (tertiary/aromatic N) is 3. The van der Waals surface area contributed by atoms with E-state index in [0.29, 0.717) is 28.1 Å². The molecule has 0 bridgehead atoms. The van der Waals surface area contributed by atoms with Crippen molar-refractivity contribution in [2.75, 3.05) is 13.2 Å². The van der Waals surface area contributed by atoms with Crippen LogP contribution < -0.4 is 9.54 Å². The Kier molecular flexibility index (Phi) is 8.31. The van der Waals surface area contributed by atoms with E-state index >= 15 is 0 Å². The van der Waals surface area contributed by atoms with Gasteiger partial charge in [0, 0.05) is 17.7 Å². The lowest BCUT2D eigenvalue weighted by Crippen LogP contribution is -2.23. The minimum Gasteiger partial charge on any atom is -0.494 e. The number of non-ortho nitro benzene ring substituents is 1. The first-order valence-corrected chi connectivity index (χ1v) is 11.5. The summed E-state index contributed by atoms with van der Waals surface area (Å²) < 4.78 is 12.8. The van der Waals surface area contributed by atoms with E-state index in [1.54, 1.807) is 37.3 Å². The average molecular weight is 472 g/mol. The summed E-state index contributed by atoms with van der Waals surface area (Å²) in [7, 11) is 0. The van der Waals surface area contributed by atoms with Gasteiger partial charge < -0.3 is 14.0 Å². The lowest BCUT2D eigenvalue weighted by Gasteiger charge is -2.06. The maximum Gasteiger partial charge on any atom is 0.326 e. The summed E-state index contributed by atoms with van der Waals surface area (Å²) in [6, 6.07) is 11.0. The number of hydrogen-bond donors (Lipinski definition) is 0. The Balaban J connectivity index is 1.92. The highest BCUT2D eigenvalue weighted by atomic mass is 32.1. The third kappa shape index (κ3) is 6.26. The number of nitro groups is 1. The molecule has 0 saturated heterocycles. The molecule has 0 saturated carbocycles. The predicted molar refractivity (Wildman–Crippen MR) is 124 cm³/mol. The summed E-state index contributed by atoms with van der Waals surface area (Å²) in [4.78, 5) is 40.1. The Hall–Kier alpha value is -3.53. The van der Waals surface area contributed by atoms with Gasteiger partial charge in [-0.15, -0.1) is 0 Å². The van der Waals surface area contributed by atoms with E-state index in [4.69, 9.17) is 9.47 Å². The van der Waals surface area contributed by atoms with Crippen molar-refractivity contribution in [2.24, 2.45) is 4.99 Å². The van der Waals surface area contributed by atoms with E-state index in [9.17, 15) is 19.7 Å². The Morgan fingerprint density at radius 1 is 1.12 bits per heavy atom. The Morgan fingerprint density at radius 3 is 2.55 bits per heavy atom. The number of benzene rings is 2. The molecule has 0 aliphatic rings. The number of nitro benzene ring substituents is 1. The number of hydrogen-bond acceptors (Lipinski definition) is 7. The Labute approximate surface area is 194 Å². The van der Waals surface area contributed by atoms with Gasteiger partial charge in [-0.05, 0) is 43.7 Å². The second-order valence-corrected chi connectivity index (χ2v) is 8.19. The molecule has 0 spiro atoms. The fourth-order valence-electron chi connectivity index (χ4n) is 3.13. The van der Waals surface area contributed by atoms with Crippen LogP contribution in [-0.4, -0.2) is 34.6 Å². The van der Waals surface area contributed by atoms with E-state index in [1.807, 2.05) is 0 Å². The number of carbonyl (C=O) groups excluding carboxylic acids is 2. The first-order valence-electron chi connectivity index (χ1n) is 10.7. The molecule has 1 amide bonds. The maximum absolute atomic E-state index is 12.8. The van der Waals surface area contributed by atoms with Crippen LogP contribution in [0.1, 0.15) is 43.5 Å². The second kappa shape index (κ2) is 11.4. The van der Waals surface area contributed by atoms with Crippen LogP contribution in [0, 0.1) is 10.1 Å². The van der Waals surface area contributed by atoms with Gasteiger partial charge in [0.05, 0.1) is 28.4 Å². The first-order chi connectivity index (χ1) is 15.9. The van der Waals surface area contributed by atoms with Crippen LogP contribution in [0.15, 0.2) is 47.5 Å². The molecular weight excluding hydrogens is 446 g/mol. The third-order valence-corrected chi connectivity index (χ3v) is 5.84. The summed E-state index contributed by atoms with van der Waals surface area (Å²) in [6.45, 7) is 4.40. The van der Waals surface area contributed by atoms with Crippen molar-refractivity contribution >= 4 is 39.1 Å². The highest BCUT2D eigenvalue weighted by Gasteiger charge is 2.16. The van der Waals surface area contributed by atoms with Gasteiger partial charge >= 0.3 is 5.97 Å². The zero-order valence-electron chi connectivity index (χ0n) is 18.5. The van der Waals surface area contributed by atoms with E-state index in [1.165, 1.54) is 28.0 Å². The molecule has 0 unspecified atom stereocenters. The van der Waals surface area contributed by atoms with Gasteiger partial charge in [0.2, 0.25) is 0 Å². The van der Waals surface area contributed by atoms with Crippen molar-refractivity contribution < 1.29 is 24.0 Å². The molecule has 3 aromatic rings. The topological polar surface area (TPSA) is 113 Å². The summed E-state index contributed by atoms with van der Waals surface area (Å²) in [5.41, 5.74) is 0.678. The van der Waals surface area contributed by atoms with Crippen LogP contribution in [0.25, 0.3) is 10.2 Å². The van der Waals surface area contributed by atoms with Crippen LogP contribution in [0.4, 0.5) is 5.69 Å². The molecule has 0 atom stereocenters. The lowest BCUT2D eigenvalue weighted by atomic mass is 10.2. The van der Waals surface area contributed by atoms with Crippen molar-refractivity contribution in [1.82, 2.24) is 4.57 Å². The minimum atomic E-state index is -0.526. The number of amides is 1. The molecule has 0 fully saturated rings. The number of ether oxygens (including phenoxy) is 2. The summed E-state index contributed by atoms with van der Waals surface area (Å²) in [5, 5.41) is 11.2. The number of unbranched alkanes of at least 4 members (excludes halogenated alkanes) is 2. The molecule has 1 heterocycles. The molecule has 0 N–H and O–H groups in total. The molecule has 1 aromatic heterocycles. The quantitative estimate of drug-likeness (QED) is 0.186. The van der Waals surface area contributed by atoms with Gasteiger partial charge in [0.15, 0.2) is 4.80 Å². The zero-order valence-corrected chi connectivity index (χ0v) is 19.3. The zero-order chi connectivity index (χ0) is 23.8. The fraction of sp³-hybridized carbons (Fsp3) is 0.348. The number of fused-ring (bicyclic) bond motifs is 1. The van der Waals surface area contributed by atoms with Gasteiger partial charge in [-0.25, -0.2) is 0 Å². The van der Waals surface area contributed by atoms with Gasteiger partial charge in [0.1, 0.15) is 12.3 Å². The van der Waals surface area contributed by atoms with Crippen LogP contribution in [0.2, 0.25) is 0 Å². The standard InChI is InChI=1S/C23H25N3O6S/c1-3-5-6-13-32-18-10-7-16(8-11-18)22(28)24-23-25(15-21(27)31-4-2)19-14-17(26(29)30)9-12-20(19)33-23/h7-12,14H,3-6,13,15H2,1-2H3. The van der Waals surface area contributed by atoms with Crippen molar-refractivity contribution in [2.45, 2.75) is 39.7 Å². The predicted octanol–water partition coefficient (Wildman–Crippen LogP) is 4.48. The molecule has 10 heteroatoms. The SMILES string of the molecule is CCCCCOc1ccc(C(=O)N=c2sc3ccc([N+](=O)[O-])cc3n2CC(=O)OCC)cc1. The van der Waals surface area contributed by atoms with Crippen LogP contribution >= 0.6 is 11.3 Å². The number of carbonyl (C=O) groups is 2. The number of thiazole rings is 1. The lowest BCUT2D eigenvalue weighted by molar-refractivity contribution is -0.384. The van der Waals surface area contributed by atoms with Crippen molar-refractivity contribution in [1.29, 1.82) is 0 Å². The fourth-order valence-corrected chi connectivity index (χ4v) is 4.14. The van der Waals surface area contributed by atoms with E-state index in [0.717, 1.165) is 19.3 Å². The molecular formula is C23H25N3O6S. The van der Waals surface area contributed by atoms with Gasteiger partial charge in [0.25, 0.3) is 11.6 Å². The minimum absolute atomic E-state index is 0.120. The smallest absolute Gasteiger partial charge is 0.326 e. The largest absolute Gasteiger partial charge is 0.494 e. The monoisotopic (exact) mass is 471 g/mol. The maximum atomic E-state index is 12.8. The van der Waals surface area contributed by atoms with E-state index in [-0.39, 0.29) is 23.6 Å². The molecule has 0 radical (unpaired) electrons. The Bertz CT molecular complexity index is 1210. The summed E-state index contributed by atoms with van der Waals surface area (Å²) in [6.07, 6.45) is 3.18. The average Bonchev–Trinajstić information content (AvgIpc) is 3.13.